The number of benzene rings is 1. The predicted octanol–water partition coefficient (Wildman–Crippen LogP) is 3.16. The summed E-state index contributed by atoms with van der Waals surface area (Å²) in [5.41, 5.74) is 5.21. The Morgan fingerprint density at radius 3 is 2.70 bits per heavy atom. The van der Waals surface area contributed by atoms with E-state index in [2.05, 4.69) is 5.32 Å². The number of nitrogens with one attached hydrogen (secondary N) is 1. The number of anilines is 1. The molecule has 2 unspecified atom stereocenters. The number of halogens is 3. The number of alkyl halides is 3. The number of hydrogen-bond acceptors (Lipinski definition) is 2. The first-order chi connectivity index (χ1) is 9.36. The Morgan fingerprint density at radius 1 is 1.30 bits per heavy atom. The Hall–Kier alpha value is -1.56. The molecule has 0 aromatic heterocycles. The molecule has 1 aliphatic rings. The number of carbonyl (C=O) groups excluding carboxylic acids is 1. The molecule has 0 spiro atoms. The Balaban J connectivity index is 2.04. The molecule has 2 atom stereocenters. The van der Waals surface area contributed by atoms with Crippen molar-refractivity contribution in [2.24, 2.45) is 11.7 Å². The molecular formula is C14H17F3N2O. The lowest BCUT2D eigenvalue weighted by Crippen LogP contribution is -2.34. The van der Waals surface area contributed by atoms with E-state index in [4.69, 9.17) is 5.73 Å². The number of rotatable bonds is 2. The summed E-state index contributed by atoms with van der Waals surface area (Å²) in [5, 5.41) is 2.55. The van der Waals surface area contributed by atoms with E-state index in [9.17, 15) is 18.0 Å². The maximum Gasteiger partial charge on any atom is 0.416 e. The van der Waals surface area contributed by atoms with Crippen molar-refractivity contribution in [3.8, 4) is 0 Å². The second-order valence-electron chi connectivity index (χ2n) is 5.19. The van der Waals surface area contributed by atoms with Crippen molar-refractivity contribution in [1.82, 2.24) is 0 Å². The molecule has 6 heteroatoms. The van der Waals surface area contributed by atoms with Gasteiger partial charge in [0.25, 0.3) is 0 Å². The Morgan fingerprint density at radius 2 is 2.05 bits per heavy atom. The Kier molecular flexibility index (Phi) is 4.32. The molecule has 3 nitrogen and oxygen atoms in total. The van der Waals surface area contributed by atoms with Crippen LogP contribution in [0.3, 0.4) is 0 Å². The first-order valence-electron chi connectivity index (χ1n) is 6.60. The van der Waals surface area contributed by atoms with Gasteiger partial charge in [-0.3, -0.25) is 4.79 Å². The van der Waals surface area contributed by atoms with E-state index in [1.807, 2.05) is 0 Å². The third-order valence-electron chi connectivity index (χ3n) is 3.54. The minimum absolute atomic E-state index is 0.000935. The maximum atomic E-state index is 12.6. The molecule has 1 fully saturated rings. The highest BCUT2D eigenvalue weighted by Crippen LogP contribution is 2.31. The molecule has 0 bridgehead atoms. The summed E-state index contributed by atoms with van der Waals surface area (Å²) in [5.74, 6) is -0.465. The molecule has 1 amide bonds. The van der Waals surface area contributed by atoms with Crippen molar-refractivity contribution in [2.45, 2.75) is 37.9 Å². The summed E-state index contributed by atoms with van der Waals surface area (Å²) >= 11 is 0. The number of carbonyl (C=O) groups is 1. The van der Waals surface area contributed by atoms with Crippen LogP contribution in [0.2, 0.25) is 0 Å². The number of hydrogen-bond donors (Lipinski definition) is 2. The SMILES string of the molecule is NC1CCCC(C(=O)Nc2cccc(C(F)(F)F)c2)C1. The molecular weight excluding hydrogens is 269 g/mol. The molecule has 20 heavy (non-hydrogen) atoms. The second-order valence-corrected chi connectivity index (χ2v) is 5.19. The van der Waals surface area contributed by atoms with Gasteiger partial charge in [0.2, 0.25) is 5.91 Å². The molecule has 3 N–H and O–H groups in total. The van der Waals surface area contributed by atoms with Crippen molar-refractivity contribution in [2.75, 3.05) is 5.32 Å². The van der Waals surface area contributed by atoms with E-state index in [1.165, 1.54) is 12.1 Å². The fourth-order valence-electron chi connectivity index (χ4n) is 2.48. The van der Waals surface area contributed by atoms with Crippen LogP contribution in [0.4, 0.5) is 18.9 Å². The third kappa shape index (κ3) is 3.72. The van der Waals surface area contributed by atoms with Crippen LogP contribution in [0.1, 0.15) is 31.2 Å². The van der Waals surface area contributed by atoms with Crippen LogP contribution in [0.5, 0.6) is 0 Å². The normalized spacial score (nSPS) is 23.4. The minimum atomic E-state index is -4.41. The zero-order chi connectivity index (χ0) is 14.8. The van der Waals surface area contributed by atoms with Crippen LogP contribution in [0.25, 0.3) is 0 Å². The van der Waals surface area contributed by atoms with Gasteiger partial charge in [0.15, 0.2) is 0 Å². The average molecular weight is 286 g/mol. The van der Waals surface area contributed by atoms with E-state index in [-0.39, 0.29) is 23.6 Å². The summed E-state index contributed by atoms with van der Waals surface area (Å²) in [6.45, 7) is 0. The Labute approximate surface area is 115 Å². The predicted molar refractivity (Wildman–Crippen MR) is 70.0 cm³/mol. The first-order valence-corrected chi connectivity index (χ1v) is 6.60. The fraction of sp³-hybridized carbons (Fsp3) is 0.500. The average Bonchev–Trinajstić information content (AvgIpc) is 2.38. The van der Waals surface area contributed by atoms with Crippen LogP contribution in [-0.4, -0.2) is 11.9 Å². The van der Waals surface area contributed by atoms with Gasteiger partial charge in [-0.25, -0.2) is 0 Å². The lowest BCUT2D eigenvalue weighted by molar-refractivity contribution is -0.137. The zero-order valence-electron chi connectivity index (χ0n) is 10.9. The van der Waals surface area contributed by atoms with E-state index in [0.717, 1.165) is 31.4 Å². The molecule has 1 aromatic rings. The van der Waals surface area contributed by atoms with Gasteiger partial charge >= 0.3 is 6.18 Å². The van der Waals surface area contributed by atoms with Crippen molar-refractivity contribution >= 4 is 11.6 Å². The third-order valence-corrected chi connectivity index (χ3v) is 3.54. The van der Waals surface area contributed by atoms with Crippen LogP contribution in [0, 0.1) is 5.92 Å². The van der Waals surface area contributed by atoms with Gasteiger partial charge in [0, 0.05) is 17.6 Å². The summed E-state index contributed by atoms with van der Waals surface area (Å²) in [4.78, 5) is 12.0. The molecule has 0 heterocycles. The van der Waals surface area contributed by atoms with Crippen molar-refractivity contribution in [3.05, 3.63) is 29.8 Å². The molecule has 0 aliphatic heterocycles. The minimum Gasteiger partial charge on any atom is -0.328 e. The number of amides is 1. The summed E-state index contributed by atoms with van der Waals surface area (Å²) in [6, 6.07) is 4.66. The fourth-order valence-corrected chi connectivity index (χ4v) is 2.48. The monoisotopic (exact) mass is 286 g/mol. The van der Waals surface area contributed by atoms with Gasteiger partial charge < -0.3 is 11.1 Å². The molecule has 1 saturated carbocycles. The van der Waals surface area contributed by atoms with Crippen LogP contribution >= 0.6 is 0 Å². The smallest absolute Gasteiger partial charge is 0.328 e. The van der Waals surface area contributed by atoms with E-state index < -0.39 is 11.7 Å². The zero-order valence-corrected chi connectivity index (χ0v) is 10.9. The quantitative estimate of drug-likeness (QED) is 0.877. The van der Waals surface area contributed by atoms with Crippen LogP contribution < -0.4 is 11.1 Å². The van der Waals surface area contributed by atoms with Gasteiger partial charge in [0.1, 0.15) is 0 Å². The molecule has 0 radical (unpaired) electrons. The van der Waals surface area contributed by atoms with E-state index >= 15 is 0 Å². The first kappa shape index (κ1) is 14.8. The standard InChI is InChI=1S/C14H17F3N2O/c15-14(16,17)10-4-2-6-12(8-10)19-13(20)9-3-1-5-11(18)7-9/h2,4,6,8-9,11H,1,3,5,7,18H2,(H,19,20). The topological polar surface area (TPSA) is 55.1 Å². The second kappa shape index (κ2) is 5.83. The van der Waals surface area contributed by atoms with E-state index in [0.29, 0.717) is 6.42 Å². The molecule has 0 saturated heterocycles. The van der Waals surface area contributed by atoms with Crippen molar-refractivity contribution in [1.29, 1.82) is 0 Å². The number of nitrogens with two attached hydrogens (primary N) is 1. The van der Waals surface area contributed by atoms with Crippen LogP contribution in [0.15, 0.2) is 24.3 Å². The molecule has 1 aliphatic carbocycles. The van der Waals surface area contributed by atoms with Gasteiger partial charge in [-0.05, 0) is 37.5 Å². The highest BCUT2D eigenvalue weighted by atomic mass is 19.4. The van der Waals surface area contributed by atoms with Gasteiger partial charge in [-0.15, -0.1) is 0 Å². The molecule has 1 aromatic carbocycles. The lowest BCUT2D eigenvalue weighted by Gasteiger charge is -2.25. The van der Waals surface area contributed by atoms with Crippen molar-refractivity contribution < 1.29 is 18.0 Å². The summed E-state index contributed by atoms with van der Waals surface area (Å²) < 4.78 is 37.7. The van der Waals surface area contributed by atoms with Gasteiger partial charge in [-0.1, -0.05) is 12.5 Å². The van der Waals surface area contributed by atoms with E-state index in [1.54, 1.807) is 0 Å². The molecule has 2 rings (SSSR count). The lowest BCUT2D eigenvalue weighted by atomic mass is 9.85. The maximum absolute atomic E-state index is 12.6. The highest BCUT2D eigenvalue weighted by Gasteiger charge is 2.31. The largest absolute Gasteiger partial charge is 0.416 e. The summed E-state index contributed by atoms with van der Waals surface area (Å²) in [7, 11) is 0. The van der Waals surface area contributed by atoms with Gasteiger partial charge in [-0.2, -0.15) is 13.2 Å². The van der Waals surface area contributed by atoms with Crippen LogP contribution in [-0.2, 0) is 11.0 Å². The Bertz CT molecular complexity index is 488. The van der Waals surface area contributed by atoms with Gasteiger partial charge in [0.05, 0.1) is 5.56 Å². The van der Waals surface area contributed by atoms with Crippen molar-refractivity contribution in [3.63, 3.8) is 0 Å². The summed E-state index contributed by atoms with van der Waals surface area (Å²) in [6.07, 6.45) is -1.31. The molecule has 110 valence electrons. The highest BCUT2D eigenvalue weighted by molar-refractivity contribution is 5.92.